The monoisotopic (exact) mass is 403 g/mol. The number of hydrogen-bond acceptors (Lipinski definition) is 4. The first-order valence-electron chi connectivity index (χ1n) is 9.60. The molecule has 152 valence electrons. The van der Waals surface area contributed by atoms with Gasteiger partial charge in [-0.2, -0.15) is 0 Å². The van der Waals surface area contributed by atoms with Gasteiger partial charge >= 0.3 is 5.97 Å². The van der Waals surface area contributed by atoms with E-state index in [1.54, 1.807) is 19.1 Å². The number of rotatable bonds is 5. The lowest BCUT2D eigenvalue weighted by molar-refractivity contribution is -0.136. The minimum atomic E-state index is -0.523. The molecule has 0 bridgehead atoms. The van der Waals surface area contributed by atoms with Gasteiger partial charge in [0.05, 0.1) is 22.7 Å². The van der Waals surface area contributed by atoms with E-state index in [0.29, 0.717) is 34.5 Å². The lowest BCUT2D eigenvalue weighted by atomic mass is 10.0. The third kappa shape index (κ3) is 3.52. The van der Waals surface area contributed by atoms with Gasteiger partial charge in [-0.25, -0.2) is 9.18 Å². The molecule has 0 fully saturated rings. The topological polar surface area (TPSA) is 55.6 Å². The molecular formula is C24H22FN3O2. The van der Waals surface area contributed by atoms with E-state index in [9.17, 15) is 9.18 Å². The van der Waals surface area contributed by atoms with E-state index in [2.05, 4.69) is 41.3 Å². The van der Waals surface area contributed by atoms with Crippen molar-refractivity contribution < 1.29 is 14.0 Å². The number of benzene rings is 2. The Morgan fingerprint density at radius 1 is 1.23 bits per heavy atom. The standard InChI is InChI=1S/C24H22FN3O2/c1-14-5-7-17(8-6-14)13-26-16(3)23-21(12-19-15(2)27-30-24(19)29)20-11-18(25)9-10-22(20)28(23)4/h5-12,26H,3,13H2,1-2,4H3/b19-12+. The maximum Gasteiger partial charge on any atom is 0.367 e. The van der Waals surface area contributed by atoms with Crippen molar-refractivity contribution in [1.82, 2.24) is 9.88 Å². The predicted octanol–water partition coefficient (Wildman–Crippen LogP) is 4.70. The number of halogens is 1. The molecule has 0 saturated heterocycles. The van der Waals surface area contributed by atoms with Crippen LogP contribution in [0, 0.1) is 12.7 Å². The van der Waals surface area contributed by atoms with Gasteiger partial charge in [-0.05, 0) is 43.7 Å². The normalized spacial score (nSPS) is 14.9. The third-order valence-electron chi connectivity index (χ3n) is 5.28. The average Bonchev–Trinajstić information content (AvgIpc) is 3.18. The Balaban J connectivity index is 1.78. The largest absolute Gasteiger partial charge is 0.380 e. The van der Waals surface area contributed by atoms with Crippen LogP contribution >= 0.6 is 0 Å². The fourth-order valence-corrected chi connectivity index (χ4v) is 3.62. The van der Waals surface area contributed by atoms with Crippen LogP contribution in [0.25, 0.3) is 22.7 Å². The molecule has 0 radical (unpaired) electrons. The molecular weight excluding hydrogens is 381 g/mol. The van der Waals surface area contributed by atoms with Crippen molar-refractivity contribution in [1.29, 1.82) is 0 Å². The van der Waals surface area contributed by atoms with Crippen molar-refractivity contribution in [2.45, 2.75) is 20.4 Å². The van der Waals surface area contributed by atoms with Gasteiger partial charge in [-0.3, -0.25) is 0 Å². The summed E-state index contributed by atoms with van der Waals surface area (Å²) in [7, 11) is 1.89. The number of nitrogens with one attached hydrogen (secondary N) is 1. The summed E-state index contributed by atoms with van der Waals surface area (Å²) in [6.07, 6.45) is 1.70. The van der Waals surface area contributed by atoms with Crippen LogP contribution in [0.3, 0.4) is 0 Å². The van der Waals surface area contributed by atoms with E-state index in [4.69, 9.17) is 4.84 Å². The Morgan fingerprint density at radius 3 is 2.63 bits per heavy atom. The Morgan fingerprint density at radius 2 is 1.97 bits per heavy atom. The maximum atomic E-state index is 14.0. The zero-order valence-electron chi connectivity index (χ0n) is 17.1. The maximum absolute atomic E-state index is 14.0. The summed E-state index contributed by atoms with van der Waals surface area (Å²) in [6.45, 7) is 8.55. The summed E-state index contributed by atoms with van der Waals surface area (Å²) in [5, 5.41) is 7.78. The van der Waals surface area contributed by atoms with Crippen molar-refractivity contribution in [3.8, 4) is 0 Å². The van der Waals surface area contributed by atoms with Crippen LogP contribution in [-0.4, -0.2) is 16.2 Å². The average molecular weight is 403 g/mol. The number of nitrogens with zero attached hydrogens (tertiary/aromatic N) is 2. The Kier molecular flexibility index (Phi) is 4.99. The fraction of sp³-hybridized carbons (Fsp3) is 0.167. The molecule has 30 heavy (non-hydrogen) atoms. The van der Waals surface area contributed by atoms with Crippen LogP contribution in [-0.2, 0) is 23.2 Å². The van der Waals surface area contributed by atoms with E-state index in [1.165, 1.54) is 17.7 Å². The summed E-state index contributed by atoms with van der Waals surface area (Å²) in [5.41, 5.74) is 6.10. The molecule has 0 aliphatic carbocycles. The summed E-state index contributed by atoms with van der Waals surface area (Å²) in [4.78, 5) is 16.9. The summed E-state index contributed by atoms with van der Waals surface area (Å²) >= 11 is 0. The summed E-state index contributed by atoms with van der Waals surface area (Å²) in [5.74, 6) is -0.873. The molecule has 1 N–H and O–H groups in total. The summed E-state index contributed by atoms with van der Waals surface area (Å²) in [6, 6.07) is 12.8. The second-order valence-electron chi connectivity index (χ2n) is 7.41. The highest BCUT2D eigenvalue weighted by Crippen LogP contribution is 2.32. The van der Waals surface area contributed by atoms with Crippen LogP contribution in [0.4, 0.5) is 4.39 Å². The Labute approximate surface area is 174 Å². The van der Waals surface area contributed by atoms with E-state index < -0.39 is 5.97 Å². The van der Waals surface area contributed by atoms with E-state index in [-0.39, 0.29) is 5.82 Å². The number of carbonyl (C=O) groups is 1. The highest BCUT2D eigenvalue weighted by atomic mass is 19.1. The van der Waals surface area contributed by atoms with Gasteiger partial charge in [-0.1, -0.05) is 41.6 Å². The molecule has 5 nitrogen and oxygen atoms in total. The second-order valence-corrected chi connectivity index (χ2v) is 7.41. The van der Waals surface area contributed by atoms with Gasteiger partial charge in [0.2, 0.25) is 0 Å². The van der Waals surface area contributed by atoms with Gasteiger partial charge in [-0.15, -0.1) is 0 Å². The van der Waals surface area contributed by atoms with E-state index in [1.807, 2.05) is 18.5 Å². The van der Waals surface area contributed by atoms with Gasteiger partial charge in [0.15, 0.2) is 0 Å². The number of hydrogen-bond donors (Lipinski definition) is 1. The molecule has 1 aromatic heterocycles. The second kappa shape index (κ2) is 7.63. The molecule has 2 heterocycles. The van der Waals surface area contributed by atoms with Gasteiger partial charge in [0, 0.05) is 30.1 Å². The zero-order valence-corrected chi connectivity index (χ0v) is 17.1. The van der Waals surface area contributed by atoms with Gasteiger partial charge < -0.3 is 14.7 Å². The minimum Gasteiger partial charge on any atom is -0.380 e. The first-order chi connectivity index (χ1) is 14.3. The molecule has 0 saturated carbocycles. The molecule has 0 atom stereocenters. The summed E-state index contributed by atoms with van der Waals surface area (Å²) < 4.78 is 16.0. The molecule has 4 rings (SSSR count). The van der Waals surface area contributed by atoms with Crippen molar-refractivity contribution in [2.75, 3.05) is 0 Å². The zero-order chi connectivity index (χ0) is 21.4. The highest BCUT2D eigenvalue weighted by Gasteiger charge is 2.25. The van der Waals surface area contributed by atoms with Crippen LogP contribution in [0.15, 0.2) is 59.8 Å². The number of fused-ring (bicyclic) bond motifs is 1. The van der Waals surface area contributed by atoms with Crippen LogP contribution < -0.4 is 5.32 Å². The Bertz CT molecular complexity index is 1230. The van der Waals surface area contributed by atoms with Crippen LogP contribution in [0.2, 0.25) is 0 Å². The molecule has 2 aromatic carbocycles. The smallest absolute Gasteiger partial charge is 0.367 e. The number of carbonyl (C=O) groups excluding carboxylic acids is 1. The number of oxime groups is 1. The number of aromatic nitrogens is 1. The quantitative estimate of drug-likeness (QED) is 0.496. The number of aryl methyl sites for hydroxylation is 2. The van der Waals surface area contributed by atoms with E-state index in [0.717, 1.165) is 16.8 Å². The van der Waals surface area contributed by atoms with Crippen molar-refractivity contribution in [2.24, 2.45) is 12.2 Å². The minimum absolute atomic E-state index is 0.347. The van der Waals surface area contributed by atoms with Gasteiger partial charge in [0.1, 0.15) is 5.82 Å². The first-order valence-corrected chi connectivity index (χ1v) is 9.60. The molecule has 0 spiro atoms. The molecule has 0 unspecified atom stereocenters. The van der Waals surface area contributed by atoms with Crippen molar-refractivity contribution >= 4 is 34.4 Å². The van der Waals surface area contributed by atoms with Crippen molar-refractivity contribution in [3.63, 3.8) is 0 Å². The molecule has 6 heteroatoms. The highest BCUT2D eigenvalue weighted by molar-refractivity contribution is 6.25. The van der Waals surface area contributed by atoms with Crippen LogP contribution in [0.1, 0.15) is 29.3 Å². The lowest BCUT2D eigenvalue weighted by Gasteiger charge is -2.13. The molecule has 1 aliphatic rings. The van der Waals surface area contributed by atoms with Crippen LogP contribution in [0.5, 0.6) is 0 Å². The van der Waals surface area contributed by atoms with Crippen molar-refractivity contribution in [3.05, 3.63) is 82.8 Å². The Hall–Kier alpha value is -3.67. The molecule has 0 amide bonds. The first kappa shape index (κ1) is 19.6. The predicted molar refractivity (Wildman–Crippen MR) is 117 cm³/mol. The van der Waals surface area contributed by atoms with E-state index >= 15 is 0 Å². The third-order valence-corrected chi connectivity index (χ3v) is 5.28. The molecule has 1 aliphatic heterocycles. The van der Waals surface area contributed by atoms with Gasteiger partial charge in [0.25, 0.3) is 0 Å². The lowest BCUT2D eigenvalue weighted by Crippen LogP contribution is -2.14. The SMILES string of the molecule is C=C(NCc1ccc(C)cc1)c1c(/C=C2/C(=O)ON=C2C)c2cc(F)ccc2n1C. The molecule has 3 aromatic rings. The fourth-order valence-electron chi connectivity index (χ4n) is 3.62.